The molecule has 0 N–H and O–H groups in total. The summed E-state index contributed by atoms with van der Waals surface area (Å²) < 4.78 is 0. The summed E-state index contributed by atoms with van der Waals surface area (Å²) in [6, 6.07) is 15.6. The van der Waals surface area contributed by atoms with Crippen molar-refractivity contribution in [2.75, 3.05) is 0 Å². The number of halogens is 2. The first kappa shape index (κ1) is 15.0. The molecular formula is C17H14Cl2OS. The maximum absolute atomic E-state index is 12.1. The summed E-state index contributed by atoms with van der Waals surface area (Å²) in [7, 11) is 0. The van der Waals surface area contributed by atoms with Crippen LogP contribution in [0.4, 0.5) is 0 Å². The molecular weight excluding hydrogens is 323 g/mol. The summed E-state index contributed by atoms with van der Waals surface area (Å²) in [6.07, 6.45) is 1.19. The monoisotopic (exact) mass is 336 g/mol. The van der Waals surface area contributed by atoms with Crippen LogP contribution in [0, 0.1) is 0 Å². The third-order valence-electron chi connectivity index (χ3n) is 3.64. The first-order valence-electron chi connectivity index (χ1n) is 6.80. The van der Waals surface area contributed by atoms with E-state index in [2.05, 4.69) is 0 Å². The van der Waals surface area contributed by atoms with Gasteiger partial charge in [0, 0.05) is 33.4 Å². The van der Waals surface area contributed by atoms with E-state index in [1.54, 1.807) is 0 Å². The van der Waals surface area contributed by atoms with Gasteiger partial charge in [0.05, 0.1) is 0 Å². The van der Waals surface area contributed by atoms with Crippen molar-refractivity contribution < 1.29 is 4.79 Å². The van der Waals surface area contributed by atoms with E-state index in [1.807, 2.05) is 60.3 Å². The summed E-state index contributed by atoms with van der Waals surface area (Å²) in [5.41, 5.74) is 2.33. The van der Waals surface area contributed by atoms with Gasteiger partial charge in [-0.1, -0.05) is 47.5 Å². The van der Waals surface area contributed by atoms with E-state index in [1.165, 1.54) is 0 Å². The van der Waals surface area contributed by atoms with E-state index in [0.717, 1.165) is 21.2 Å². The molecule has 1 fully saturated rings. The molecule has 108 valence electrons. The van der Waals surface area contributed by atoms with Crippen LogP contribution in [-0.2, 0) is 4.79 Å². The number of carbonyl (C=O) groups excluding carboxylic acids is 1. The summed E-state index contributed by atoms with van der Waals surface area (Å²) in [4.78, 5) is 12.1. The van der Waals surface area contributed by atoms with Gasteiger partial charge in [0.2, 0.25) is 0 Å². The normalized spacial score (nSPS) is 22.3. The summed E-state index contributed by atoms with van der Waals surface area (Å²) in [5.74, 6) is 0.314. The highest BCUT2D eigenvalue weighted by molar-refractivity contribution is 7.99. The lowest BCUT2D eigenvalue weighted by molar-refractivity contribution is -0.119. The van der Waals surface area contributed by atoms with Crippen LogP contribution >= 0.6 is 35.0 Å². The minimum atomic E-state index is 0.198. The third-order valence-corrected chi connectivity index (χ3v) is 5.68. The molecule has 0 aliphatic carbocycles. The molecule has 0 aromatic heterocycles. The predicted molar refractivity (Wildman–Crippen MR) is 90.2 cm³/mol. The molecule has 2 atom stereocenters. The Morgan fingerprint density at radius 3 is 1.52 bits per heavy atom. The van der Waals surface area contributed by atoms with Gasteiger partial charge in [-0.05, 0) is 35.4 Å². The topological polar surface area (TPSA) is 17.1 Å². The van der Waals surface area contributed by atoms with Gasteiger partial charge in [0.1, 0.15) is 5.78 Å². The molecule has 0 radical (unpaired) electrons. The van der Waals surface area contributed by atoms with Gasteiger partial charge >= 0.3 is 0 Å². The minimum Gasteiger partial charge on any atom is -0.300 e. The maximum Gasteiger partial charge on any atom is 0.135 e. The van der Waals surface area contributed by atoms with E-state index < -0.39 is 0 Å². The number of thioether (sulfide) groups is 1. The van der Waals surface area contributed by atoms with Crippen molar-refractivity contribution in [2.24, 2.45) is 0 Å². The molecule has 2 aromatic carbocycles. The largest absolute Gasteiger partial charge is 0.300 e. The first-order valence-corrected chi connectivity index (χ1v) is 8.50. The lowest BCUT2D eigenvalue weighted by atomic mass is 10.0. The van der Waals surface area contributed by atoms with Gasteiger partial charge in [-0.25, -0.2) is 0 Å². The molecule has 2 aromatic rings. The molecule has 0 saturated carbocycles. The number of ketones is 1. The zero-order valence-electron chi connectivity index (χ0n) is 11.3. The van der Waals surface area contributed by atoms with Crippen molar-refractivity contribution in [1.29, 1.82) is 0 Å². The Balaban J connectivity index is 1.82. The number of benzene rings is 2. The maximum atomic E-state index is 12.1. The van der Waals surface area contributed by atoms with Crippen molar-refractivity contribution in [3.8, 4) is 0 Å². The lowest BCUT2D eigenvalue weighted by Gasteiger charge is -2.28. The number of hydrogen-bond donors (Lipinski definition) is 0. The van der Waals surface area contributed by atoms with Gasteiger partial charge in [-0.3, -0.25) is 4.79 Å². The number of hydrogen-bond acceptors (Lipinski definition) is 2. The van der Waals surface area contributed by atoms with Crippen molar-refractivity contribution in [3.63, 3.8) is 0 Å². The van der Waals surface area contributed by atoms with Crippen LogP contribution in [-0.4, -0.2) is 5.78 Å². The summed E-state index contributed by atoms with van der Waals surface area (Å²) in [6.45, 7) is 0. The Morgan fingerprint density at radius 2 is 1.14 bits per heavy atom. The van der Waals surface area contributed by atoms with Crippen LogP contribution in [0.25, 0.3) is 0 Å². The smallest absolute Gasteiger partial charge is 0.135 e. The highest BCUT2D eigenvalue weighted by Crippen LogP contribution is 2.48. The Labute approximate surface area is 138 Å². The molecule has 1 nitrogen and oxygen atoms in total. The average Bonchev–Trinajstić information content (AvgIpc) is 2.48. The highest BCUT2D eigenvalue weighted by atomic mass is 35.5. The van der Waals surface area contributed by atoms with Crippen LogP contribution in [0.15, 0.2) is 48.5 Å². The van der Waals surface area contributed by atoms with Crippen molar-refractivity contribution >= 4 is 40.7 Å². The van der Waals surface area contributed by atoms with Crippen LogP contribution in [0.2, 0.25) is 10.0 Å². The number of rotatable bonds is 2. The standard InChI is InChI=1S/C17H14Cl2OS/c18-13-5-1-11(2-6-13)16-9-15(20)10-17(21-16)12-3-7-14(19)8-4-12/h1-8,16-17H,9-10H2/t16-,17-/m1/s1. The zero-order chi connectivity index (χ0) is 14.8. The average molecular weight is 337 g/mol. The molecule has 0 spiro atoms. The molecule has 1 heterocycles. The van der Waals surface area contributed by atoms with E-state index in [9.17, 15) is 4.79 Å². The van der Waals surface area contributed by atoms with E-state index in [-0.39, 0.29) is 10.5 Å². The molecule has 4 heteroatoms. The van der Waals surface area contributed by atoms with Gasteiger partial charge in [-0.2, -0.15) is 0 Å². The van der Waals surface area contributed by atoms with Crippen molar-refractivity contribution in [1.82, 2.24) is 0 Å². The SMILES string of the molecule is O=C1C[C@H](c2ccc(Cl)cc2)S[C@@H](c2ccc(Cl)cc2)C1. The second-order valence-corrected chi connectivity index (χ2v) is 7.45. The zero-order valence-corrected chi connectivity index (χ0v) is 13.6. The highest BCUT2D eigenvalue weighted by Gasteiger charge is 2.29. The van der Waals surface area contributed by atoms with Gasteiger partial charge < -0.3 is 0 Å². The van der Waals surface area contributed by atoms with Gasteiger partial charge in [-0.15, -0.1) is 11.8 Å². The second-order valence-electron chi connectivity index (χ2n) is 5.16. The van der Waals surface area contributed by atoms with Crippen LogP contribution in [0.3, 0.4) is 0 Å². The third kappa shape index (κ3) is 3.63. The van der Waals surface area contributed by atoms with Crippen molar-refractivity contribution in [3.05, 3.63) is 69.7 Å². The predicted octanol–water partition coefficient (Wildman–Crippen LogP) is 5.87. The number of carbonyl (C=O) groups is 1. The molecule has 1 aliphatic rings. The summed E-state index contributed by atoms with van der Waals surface area (Å²) >= 11 is 13.7. The Bertz CT molecular complexity index is 581. The second kappa shape index (κ2) is 6.43. The van der Waals surface area contributed by atoms with Crippen LogP contribution in [0.5, 0.6) is 0 Å². The fraction of sp³-hybridized carbons (Fsp3) is 0.235. The van der Waals surface area contributed by atoms with Crippen LogP contribution in [0.1, 0.15) is 34.5 Å². The van der Waals surface area contributed by atoms with Crippen molar-refractivity contribution in [2.45, 2.75) is 23.3 Å². The van der Waals surface area contributed by atoms with Gasteiger partial charge in [0.15, 0.2) is 0 Å². The van der Waals surface area contributed by atoms with E-state index in [0.29, 0.717) is 18.6 Å². The Hall–Kier alpha value is -0.960. The molecule has 0 bridgehead atoms. The summed E-state index contributed by atoms with van der Waals surface area (Å²) in [5, 5.41) is 1.84. The van der Waals surface area contributed by atoms with E-state index >= 15 is 0 Å². The van der Waals surface area contributed by atoms with Gasteiger partial charge in [0.25, 0.3) is 0 Å². The fourth-order valence-electron chi connectivity index (χ4n) is 2.54. The minimum absolute atomic E-state index is 0.198. The molecule has 3 rings (SSSR count). The molecule has 21 heavy (non-hydrogen) atoms. The lowest BCUT2D eigenvalue weighted by Crippen LogP contribution is -2.15. The molecule has 1 aliphatic heterocycles. The Kier molecular flexibility index (Phi) is 4.58. The number of Topliss-reactive ketones (excluding diaryl/α,β-unsaturated/α-hetero) is 1. The molecule has 0 unspecified atom stereocenters. The van der Waals surface area contributed by atoms with E-state index in [4.69, 9.17) is 23.2 Å². The fourth-order valence-corrected chi connectivity index (χ4v) is 4.38. The first-order chi connectivity index (χ1) is 10.1. The molecule has 1 saturated heterocycles. The Morgan fingerprint density at radius 1 is 0.762 bits per heavy atom. The molecule has 0 amide bonds. The quantitative estimate of drug-likeness (QED) is 0.681. The van der Waals surface area contributed by atoms with Crippen LogP contribution < -0.4 is 0 Å².